The third kappa shape index (κ3) is 3.97. The normalized spacial score (nSPS) is 16.4. The minimum atomic E-state index is 0.891. The van der Waals surface area contributed by atoms with Crippen molar-refractivity contribution in [3.05, 3.63) is 35.6 Å². The molecule has 0 unspecified atom stereocenters. The summed E-state index contributed by atoms with van der Waals surface area (Å²) in [6, 6.07) is 0. The largest absolute Gasteiger partial charge is 0.399 e. The van der Waals surface area contributed by atoms with Crippen molar-refractivity contribution in [2.24, 2.45) is 5.73 Å². The van der Waals surface area contributed by atoms with E-state index in [0.29, 0.717) is 0 Å². The Hall–Kier alpha value is -0.980. The first kappa shape index (κ1) is 10.1. The lowest BCUT2D eigenvalue weighted by Gasteiger charge is -1.99. The average Bonchev–Trinajstić information content (AvgIpc) is 2.32. The Bertz CT molecular complexity index is 234. The predicted molar refractivity (Wildman–Crippen MR) is 58.3 cm³/mol. The van der Waals surface area contributed by atoms with Crippen molar-refractivity contribution in [3.8, 4) is 0 Å². The van der Waals surface area contributed by atoms with E-state index in [0.717, 1.165) is 12.1 Å². The van der Waals surface area contributed by atoms with Crippen molar-refractivity contribution in [1.82, 2.24) is 0 Å². The number of nitrogens with two attached hydrogens (primary N) is 1. The summed E-state index contributed by atoms with van der Waals surface area (Å²) in [7, 11) is 0. The van der Waals surface area contributed by atoms with Gasteiger partial charge < -0.3 is 5.73 Å². The fourth-order valence-corrected chi connectivity index (χ4v) is 1.45. The fraction of sp³-hybridized carbons (Fsp3) is 0.500. The van der Waals surface area contributed by atoms with Crippen LogP contribution in [-0.4, -0.2) is 0 Å². The summed E-state index contributed by atoms with van der Waals surface area (Å²) in [4.78, 5) is 0. The standard InChI is InChI=1S/C12H19N/c1-2-3-4-6-11-7-5-8-12(13)10-9-11/h7-10H,2-6,13H2,1H3. The maximum Gasteiger partial charge on any atom is 0.0276 e. The topological polar surface area (TPSA) is 26.0 Å². The molecular weight excluding hydrogens is 158 g/mol. The molecule has 0 aliphatic heterocycles. The van der Waals surface area contributed by atoms with Crippen molar-refractivity contribution in [3.63, 3.8) is 0 Å². The van der Waals surface area contributed by atoms with Crippen LogP contribution in [0, 0.1) is 0 Å². The van der Waals surface area contributed by atoms with Gasteiger partial charge in [-0.25, -0.2) is 0 Å². The molecule has 0 spiro atoms. The Morgan fingerprint density at radius 3 is 2.85 bits per heavy atom. The highest BCUT2D eigenvalue weighted by Gasteiger charge is 1.96. The summed E-state index contributed by atoms with van der Waals surface area (Å²) in [5.41, 5.74) is 8.02. The van der Waals surface area contributed by atoms with Crippen LogP contribution in [0.25, 0.3) is 0 Å². The van der Waals surface area contributed by atoms with Crippen LogP contribution in [0.1, 0.15) is 39.0 Å². The fourth-order valence-electron chi connectivity index (χ4n) is 1.45. The second kappa shape index (κ2) is 5.63. The van der Waals surface area contributed by atoms with E-state index in [1.165, 1.54) is 31.3 Å². The van der Waals surface area contributed by atoms with Gasteiger partial charge in [-0.1, -0.05) is 43.6 Å². The molecule has 0 aromatic heterocycles. The van der Waals surface area contributed by atoms with Crippen LogP contribution < -0.4 is 5.73 Å². The van der Waals surface area contributed by atoms with Gasteiger partial charge in [0.15, 0.2) is 0 Å². The van der Waals surface area contributed by atoms with E-state index in [1.54, 1.807) is 0 Å². The lowest BCUT2D eigenvalue weighted by Crippen LogP contribution is -1.90. The van der Waals surface area contributed by atoms with E-state index in [4.69, 9.17) is 5.73 Å². The highest BCUT2D eigenvalue weighted by atomic mass is 14.5. The zero-order valence-corrected chi connectivity index (χ0v) is 8.42. The number of hydrogen-bond acceptors (Lipinski definition) is 1. The van der Waals surface area contributed by atoms with Crippen molar-refractivity contribution >= 4 is 0 Å². The molecular formula is C12H19N. The number of rotatable bonds is 4. The van der Waals surface area contributed by atoms with Gasteiger partial charge in [0, 0.05) is 5.70 Å². The van der Waals surface area contributed by atoms with Gasteiger partial charge in [-0.2, -0.15) is 0 Å². The summed E-state index contributed by atoms with van der Waals surface area (Å²) >= 11 is 0. The Kier molecular flexibility index (Phi) is 4.37. The molecule has 1 aliphatic carbocycles. The van der Waals surface area contributed by atoms with Gasteiger partial charge >= 0.3 is 0 Å². The number of unbranched alkanes of at least 4 members (excludes halogenated alkanes) is 2. The van der Waals surface area contributed by atoms with Crippen LogP contribution in [0.4, 0.5) is 0 Å². The van der Waals surface area contributed by atoms with Crippen molar-refractivity contribution < 1.29 is 0 Å². The van der Waals surface area contributed by atoms with E-state index in [-0.39, 0.29) is 0 Å². The van der Waals surface area contributed by atoms with Gasteiger partial charge in [0.2, 0.25) is 0 Å². The van der Waals surface area contributed by atoms with E-state index >= 15 is 0 Å². The smallest absolute Gasteiger partial charge is 0.0276 e. The molecule has 0 saturated carbocycles. The summed E-state index contributed by atoms with van der Waals surface area (Å²) in [6.45, 7) is 2.23. The van der Waals surface area contributed by atoms with E-state index in [1.807, 2.05) is 6.08 Å². The molecule has 0 radical (unpaired) electrons. The summed E-state index contributed by atoms with van der Waals surface area (Å²) < 4.78 is 0. The molecule has 0 fully saturated rings. The molecule has 1 nitrogen and oxygen atoms in total. The number of allylic oxidation sites excluding steroid dienone is 5. The highest BCUT2D eigenvalue weighted by molar-refractivity contribution is 5.30. The minimum Gasteiger partial charge on any atom is -0.399 e. The van der Waals surface area contributed by atoms with Crippen LogP contribution in [-0.2, 0) is 0 Å². The second-order valence-electron chi connectivity index (χ2n) is 3.51. The lowest BCUT2D eigenvalue weighted by molar-refractivity contribution is 0.718. The highest BCUT2D eigenvalue weighted by Crippen LogP contribution is 2.14. The average molecular weight is 177 g/mol. The minimum absolute atomic E-state index is 0.891. The quantitative estimate of drug-likeness (QED) is 0.655. The molecule has 1 heteroatoms. The molecule has 0 heterocycles. The molecule has 13 heavy (non-hydrogen) atoms. The second-order valence-corrected chi connectivity index (χ2v) is 3.51. The molecule has 0 saturated heterocycles. The van der Waals surface area contributed by atoms with E-state index in [2.05, 4.69) is 25.2 Å². The number of hydrogen-bond donors (Lipinski definition) is 1. The molecule has 1 rings (SSSR count). The van der Waals surface area contributed by atoms with Gasteiger partial charge in [0.05, 0.1) is 0 Å². The maximum atomic E-state index is 5.69. The maximum absolute atomic E-state index is 5.69. The molecule has 1 aliphatic rings. The molecule has 0 atom stereocenters. The van der Waals surface area contributed by atoms with Gasteiger partial charge in [-0.15, -0.1) is 0 Å². The summed E-state index contributed by atoms with van der Waals surface area (Å²) in [6.07, 6.45) is 14.6. The van der Waals surface area contributed by atoms with Crippen LogP contribution >= 0.6 is 0 Å². The lowest BCUT2D eigenvalue weighted by atomic mass is 10.1. The van der Waals surface area contributed by atoms with Crippen LogP contribution in [0.2, 0.25) is 0 Å². The van der Waals surface area contributed by atoms with Crippen LogP contribution in [0.5, 0.6) is 0 Å². The molecule has 0 bridgehead atoms. The monoisotopic (exact) mass is 177 g/mol. The van der Waals surface area contributed by atoms with E-state index in [9.17, 15) is 0 Å². The van der Waals surface area contributed by atoms with E-state index < -0.39 is 0 Å². The van der Waals surface area contributed by atoms with Gasteiger partial charge in [0.25, 0.3) is 0 Å². The zero-order valence-electron chi connectivity index (χ0n) is 8.42. The van der Waals surface area contributed by atoms with Crippen molar-refractivity contribution in [2.45, 2.75) is 39.0 Å². The zero-order chi connectivity index (χ0) is 9.52. The first-order valence-corrected chi connectivity index (χ1v) is 5.15. The Labute approximate surface area is 81.0 Å². The predicted octanol–water partition coefficient (Wildman–Crippen LogP) is 3.30. The van der Waals surface area contributed by atoms with Gasteiger partial charge in [-0.3, -0.25) is 0 Å². The third-order valence-electron chi connectivity index (χ3n) is 2.29. The Morgan fingerprint density at radius 1 is 1.23 bits per heavy atom. The third-order valence-corrected chi connectivity index (χ3v) is 2.29. The van der Waals surface area contributed by atoms with Gasteiger partial charge in [0.1, 0.15) is 0 Å². The first-order chi connectivity index (χ1) is 6.33. The Morgan fingerprint density at radius 2 is 2.08 bits per heavy atom. The molecule has 72 valence electrons. The Balaban J connectivity index is 2.35. The molecule has 0 amide bonds. The first-order valence-electron chi connectivity index (χ1n) is 5.15. The molecule has 0 aromatic carbocycles. The summed E-state index contributed by atoms with van der Waals surface area (Å²) in [5, 5.41) is 0. The molecule has 0 aromatic rings. The van der Waals surface area contributed by atoms with Gasteiger partial charge in [-0.05, 0) is 25.3 Å². The van der Waals surface area contributed by atoms with Crippen molar-refractivity contribution in [2.75, 3.05) is 0 Å². The van der Waals surface area contributed by atoms with Crippen LogP contribution in [0.3, 0.4) is 0 Å². The molecule has 2 N–H and O–H groups in total. The summed E-state index contributed by atoms with van der Waals surface area (Å²) in [5.74, 6) is 0. The van der Waals surface area contributed by atoms with Crippen molar-refractivity contribution in [1.29, 1.82) is 0 Å². The van der Waals surface area contributed by atoms with Crippen LogP contribution in [0.15, 0.2) is 35.6 Å². The SMILES string of the molecule is CCCCCC1=CCC=C(N)C=C1.